The van der Waals surface area contributed by atoms with E-state index in [1.165, 1.54) is 17.4 Å². The number of nitrogens with zero attached hydrogens (tertiary/aromatic N) is 3. The van der Waals surface area contributed by atoms with Gasteiger partial charge >= 0.3 is 0 Å². The molecule has 0 aliphatic carbocycles. The number of hydrogen-bond acceptors (Lipinski definition) is 6. The van der Waals surface area contributed by atoms with Gasteiger partial charge in [-0.1, -0.05) is 28.9 Å². The van der Waals surface area contributed by atoms with Crippen molar-refractivity contribution < 1.29 is 13.7 Å². The zero-order chi connectivity index (χ0) is 20.2. The predicted molar refractivity (Wildman–Crippen MR) is 109 cm³/mol. The van der Waals surface area contributed by atoms with Crippen LogP contribution in [0.1, 0.15) is 24.3 Å². The lowest BCUT2D eigenvalue weighted by atomic mass is 9.95. The fraction of sp³-hybridized carbons (Fsp3) is 0.350. The molecular formula is C20H20ClFN4O2S. The number of piperidine rings is 1. The van der Waals surface area contributed by atoms with Crippen LogP contribution in [0.2, 0.25) is 5.02 Å². The summed E-state index contributed by atoms with van der Waals surface area (Å²) in [6.45, 7) is 2.09. The van der Waals surface area contributed by atoms with E-state index < -0.39 is 0 Å². The Kier molecular flexibility index (Phi) is 6.22. The van der Waals surface area contributed by atoms with Gasteiger partial charge in [0.2, 0.25) is 17.6 Å². The summed E-state index contributed by atoms with van der Waals surface area (Å²) in [6.07, 6.45) is 1.42. The van der Waals surface area contributed by atoms with Gasteiger partial charge in [0.1, 0.15) is 5.82 Å². The van der Waals surface area contributed by atoms with Crippen LogP contribution < -0.4 is 5.32 Å². The largest absolute Gasteiger partial charge is 0.347 e. The summed E-state index contributed by atoms with van der Waals surface area (Å²) >= 11 is 7.64. The number of amides is 1. The highest BCUT2D eigenvalue weighted by Crippen LogP contribution is 2.25. The van der Waals surface area contributed by atoms with Gasteiger partial charge in [0.15, 0.2) is 0 Å². The number of hydrogen-bond donors (Lipinski definition) is 1. The Hall–Kier alpha value is -2.29. The highest BCUT2D eigenvalue weighted by atomic mass is 35.5. The number of rotatable bonds is 6. The van der Waals surface area contributed by atoms with Crippen molar-refractivity contribution in [1.29, 1.82) is 0 Å². The van der Waals surface area contributed by atoms with E-state index in [1.807, 2.05) is 17.5 Å². The van der Waals surface area contributed by atoms with Crippen molar-refractivity contribution >= 4 is 28.8 Å². The van der Waals surface area contributed by atoms with Crippen LogP contribution in [0, 0.1) is 11.7 Å². The molecule has 1 fully saturated rings. The molecule has 1 saturated heterocycles. The first-order valence-corrected chi connectivity index (χ1v) is 10.7. The molecule has 1 N–H and O–H groups in total. The summed E-state index contributed by atoms with van der Waals surface area (Å²) in [5.74, 6) is 0.517. The molecule has 0 radical (unpaired) electrons. The number of halogens is 2. The monoisotopic (exact) mass is 434 g/mol. The maximum Gasteiger partial charge on any atom is 0.246 e. The topological polar surface area (TPSA) is 71.3 Å². The van der Waals surface area contributed by atoms with E-state index in [2.05, 4.69) is 20.4 Å². The molecule has 3 aromatic rings. The predicted octanol–water partition coefficient (Wildman–Crippen LogP) is 4.12. The number of carbonyl (C=O) groups is 1. The summed E-state index contributed by atoms with van der Waals surface area (Å²) in [4.78, 5) is 19.8. The van der Waals surface area contributed by atoms with Crippen LogP contribution in [0.3, 0.4) is 0 Å². The van der Waals surface area contributed by atoms with Crippen LogP contribution in [0.5, 0.6) is 0 Å². The van der Waals surface area contributed by atoms with Gasteiger partial charge in [-0.15, -0.1) is 11.3 Å². The minimum atomic E-state index is -0.293. The Labute approximate surface area is 176 Å². The zero-order valence-electron chi connectivity index (χ0n) is 15.6. The van der Waals surface area contributed by atoms with Gasteiger partial charge in [-0.3, -0.25) is 9.69 Å². The van der Waals surface area contributed by atoms with Gasteiger partial charge in [-0.25, -0.2) is 4.39 Å². The second kappa shape index (κ2) is 9.02. The van der Waals surface area contributed by atoms with Gasteiger partial charge in [0, 0.05) is 23.0 Å². The van der Waals surface area contributed by atoms with Crippen molar-refractivity contribution in [2.75, 3.05) is 13.1 Å². The van der Waals surface area contributed by atoms with E-state index in [0.717, 1.165) is 4.88 Å². The van der Waals surface area contributed by atoms with E-state index in [1.54, 1.807) is 12.1 Å². The van der Waals surface area contributed by atoms with Crippen molar-refractivity contribution in [3.8, 4) is 10.7 Å². The summed E-state index contributed by atoms with van der Waals surface area (Å²) < 4.78 is 19.2. The lowest BCUT2D eigenvalue weighted by Gasteiger charge is -2.31. The van der Waals surface area contributed by atoms with E-state index in [4.69, 9.17) is 16.1 Å². The third-order valence-corrected chi connectivity index (χ3v) is 6.25. The van der Waals surface area contributed by atoms with Gasteiger partial charge in [-0.2, -0.15) is 4.98 Å². The minimum absolute atomic E-state index is 0.0237. The molecule has 2 aromatic heterocycles. The maximum atomic E-state index is 14.0. The van der Waals surface area contributed by atoms with Crippen molar-refractivity contribution in [1.82, 2.24) is 20.4 Å². The maximum absolute atomic E-state index is 14.0. The summed E-state index contributed by atoms with van der Waals surface area (Å²) in [7, 11) is 0. The van der Waals surface area contributed by atoms with Crippen molar-refractivity contribution in [3.05, 3.63) is 58.0 Å². The Bertz CT molecular complexity index is 951. The molecule has 4 rings (SSSR count). The molecule has 3 heterocycles. The van der Waals surface area contributed by atoms with Crippen molar-refractivity contribution in [2.45, 2.75) is 25.9 Å². The molecule has 152 valence electrons. The van der Waals surface area contributed by atoms with Gasteiger partial charge in [0.25, 0.3) is 0 Å². The summed E-state index contributed by atoms with van der Waals surface area (Å²) in [6, 6.07) is 8.55. The molecule has 0 unspecified atom stereocenters. The first-order chi connectivity index (χ1) is 14.1. The number of aromatic nitrogens is 2. The molecular weight excluding hydrogens is 415 g/mol. The fourth-order valence-corrected chi connectivity index (χ4v) is 4.27. The molecule has 29 heavy (non-hydrogen) atoms. The smallest absolute Gasteiger partial charge is 0.246 e. The Morgan fingerprint density at radius 1 is 1.31 bits per heavy atom. The number of carbonyl (C=O) groups excluding carboxylic acids is 1. The molecule has 1 aliphatic rings. The van der Waals surface area contributed by atoms with E-state index in [-0.39, 0.29) is 24.2 Å². The molecule has 0 spiro atoms. The van der Waals surface area contributed by atoms with Gasteiger partial charge in [0.05, 0.1) is 11.4 Å². The Morgan fingerprint density at radius 2 is 2.14 bits per heavy atom. The average Bonchev–Trinajstić information content (AvgIpc) is 3.41. The van der Waals surface area contributed by atoms with Gasteiger partial charge < -0.3 is 9.84 Å². The number of benzene rings is 1. The average molecular weight is 435 g/mol. The molecule has 6 nitrogen and oxygen atoms in total. The first kappa shape index (κ1) is 20.0. The van der Waals surface area contributed by atoms with Crippen molar-refractivity contribution in [2.24, 2.45) is 5.92 Å². The standard InChI is InChI=1S/C20H20ClFN4O2S/c21-15-3-1-4-16(22)14(15)12-26-8-6-13(7-9-26)20(27)23-11-18-24-19(25-28-18)17-5-2-10-29-17/h1-5,10,13H,6-9,11-12H2,(H,23,27). The Balaban J connectivity index is 1.25. The number of likely N-dealkylation sites (tertiary alicyclic amines) is 1. The highest BCUT2D eigenvalue weighted by Gasteiger charge is 2.26. The first-order valence-electron chi connectivity index (χ1n) is 9.39. The van der Waals surface area contributed by atoms with Crippen LogP contribution in [-0.4, -0.2) is 34.0 Å². The Morgan fingerprint density at radius 3 is 2.86 bits per heavy atom. The quantitative estimate of drug-likeness (QED) is 0.631. The second-order valence-electron chi connectivity index (χ2n) is 6.96. The van der Waals surface area contributed by atoms with Crippen molar-refractivity contribution in [3.63, 3.8) is 0 Å². The molecule has 9 heteroatoms. The highest BCUT2D eigenvalue weighted by molar-refractivity contribution is 7.13. The molecule has 1 amide bonds. The lowest BCUT2D eigenvalue weighted by molar-refractivity contribution is -0.126. The number of thiophene rings is 1. The van der Waals surface area contributed by atoms with Crippen LogP contribution in [0.4, 0.5) is 4.39 Å². The lowest BCUT2D eigenvalue weighted by Crippen LogP contribution is -2.40. The molecule has 1 aliphatic heterocycles. The van der Waals surface area contributed by atoms with Crippen LogP contribution in [0.15, 0.2) is 40.2 Å². The normalized spacial score (nSPS) is 15.5. The fourth-order valence-electron chi connectivity index (χ4n) is 3.40. The second-order valence-corrected chi connectivity index (χ2v) is 8.31. The van der Waals surface area contributed by atoms with E-state index in [9.17, 15) is 9.18 Å². The molecule has 0 atom stereocenters. The molecule has 0 bridgehead atoms. The number of nitrogens with one attached hydrogen (secondary N) is 1. The van der Waals surface area contributed by atoms with Crippen LogP contribution in [-0.2, 0) is 17.9 Å². The van der Waals surface area contributed by atoms with Gasteiger partial charge in [-0.05, 0) is 49.5 Å². The third-order valence-electron chi connectivity index (χ3n) is 5.03. The van der Waals surface area contributed by atoms with Crippen LogP contribution in [0.25, 0.3) is 10.7 Å². The van der Waals surface area contributed by atoms with E-state index >= 15 is 0 Å². The molecule has 1 aromatic carbocycles. The SMILES string of the molecule is O=C(NCc1nc(-c2cccs2)no1)C1CCN(Cc2c(F)cccc2Cl)CC1. The molecule has 0 saturated carbocycles. The third kappa shape index (κ3) is 4.83. The van der Waals surface area contributed by atoms with Crippen LogP contribution >= 0.6 is 22.9 Å². The summed E-state index contributed by atoms with van der Waals surface area (Å²) in [5.41, 5.74) is 0.509. The minimum Gasteiger partial charge on any atom is -0.347 e. The van der Waals surface area contributed by atoms with E-state index in [0.29, 0.717) is 54.8 Å². The zero-order valence-corrected chi connectivity index (χ0v) is 17.2. The summed E-state index contributed by atoms with van der Waals surface area (Å²) in [5, 5.41) is 9.20.